The smallest absolute Gasteiger partial charge is 0.271 e. The molecule has 0 aliphatic rings. The zero-order valence-electron chi connectivity index (χ0n) is 17.2. The van der Waals surface area contributed by atoms with E-state index in [0.717, 1.165) is 11.3 Å². The van der Waals surface area contributed by atoms with E-state index in [0.29, 0.717) is 10.7 Å². The molecule has 0 saturated carbocycles. The fourth-order valence-electron chi connectivity index (χ4n) is 2.67. The number of nitrogens with zero attached hydrogens (tertiary/aromatic N) is 2. The molecule has 10 heteroatoms. The molecule has 0 atom stereocenters. The van der Waals surface area contributed by atoms with Crippen LogP contribution in [-0.2, 0) is 10.0 Å². The van der Waals surface area contributed by atoms with Crippen LogP contribution in [0.25, 0.3) is 0 Å². The Bertz CT molecular complexity index is 1240. The summed E-state index contributed by atoms with van der Waals surface area (Å²) in [6.07, 6.45) is 1.49. The molecular formula is C22H20Cl2N4O3S. The molecule has 0 fully saturated rings. The Labute approximate surface area is 196 Å². The number of benzene rings is 3. The van der Waals surface area contributed by atoms with Gasteiger partial charge in [-0.05, 0) is 60.2 Å². The van der Waals surface area contributed by atoms with Crippen LogP contribution in [0.3, 0.4) is 0 Å². The summed E-state index contributed by atoms with van der Waals surface area (Å²) in [4.78, 5) is 14.2. The van der Waals surface area contributed by atoms with Gasteiger partial charge in [-0.1, -0.05) is 35.3 Å². The maximum Gasteiger partial charge on any atom is 0.271 e. The summed E-state index contributed by atoms with van der Waals surface area (Å²) < 4.78 is 27.9. The van der Waals surface area contributed by atoms with Gasteiger partial charge in [0.05, 0.1) is 11.2 Å². The van der Waals surface area contributed by atoms with Crippen LogP contribution in [0, 0.1) is 0 Å². The van der Waals surface area contributed by atoms with Gasteiger partial charge in [0.15, 0.2) is 0 Å². The van der Waals surface area contributed by atoms with E-state index >= 15 is 0 Å². The van der Waals surface area contributed by atoms with E-state index in [1.54, 1.807) is 12.1 Å². The summed E-state index contributed by atoms with van der Waals surface area (Å²) in [6.45, 7) is 0. The van der Waals surface area contributed by atoms with Gasteiger partial charge in [-0.2, -0.15) is 5.10 Å². The molecule has 3 aromatic carbocycles. The first-order chi connectivity index (χ1) is 15.2. The van der Waals surface area contributed by atoms with Gasteiger partial charge in [-0.3, -0.25) is 9.52 Å². The van der Waals surface area contributed by atoms with Gasteiger partial charge in [0, 0.05) is 36.1 Å². The van der Waals surface area contributed by atoms with E-state index < -0.39 is 15.9 Å². The molecule has 0 unspecified atom stereocenters. The van der Waals surface area contributed by atoms with E-state index in [-0.39, 0.29) is 15.5 Å². The monoisotopic (exact) mass is 490 g/mol. The van der Waals surface area contributed by atoms with Crippen molar-refractivity contribution in [3.05, 3.63) is 87.9 Å². The lowest BCUT2D eigenvalue weighted by Gasteiger charge is -2.11. The highest BCUT2D eigenvalue weighted by molar-refractivity contribution is 7.92. The predicted octanol–water partition coefficient (Wildman–Crippen LogP) is 4.62. The Morgan fingerprint density at radius 2 is 1.62 bits per heavy atom. The molecule has 3 aromatic rings. The second kappa shape index (κ2) is 10.0. The summed E-state index contributed by atoms with van der Waals surface area (Å²) >= 11 is 11.9. The lowest BCUT2D eigenvalue weighted by molar-refractivity contribution is 0.0955. The summed E-state index contributed by atoms with van der Waals surface area (Å²) in [5.41, 5.74) is 4.61. The molecule has 0 aromatic heterocycles. The summed E-state index contributed by atoms with van der Waals surface area (Å²) in [5, 5.41) is 4.38. The number of hydrazone groups is 1. The minimum Gasteiger partial charge on any atom is -0.378 e. The van der Waals surface area contributed by atoms with Gasteiger partial charge in [-0.15, -0.1) is 0 Å². The normalized spacial score (nSPS) is 11.4. The van der Waals surface area contributed by atoms with Crippen LogP contribution in [0.1, 0.15) is 15.9 Å². The lowest BCUT2D eigenvalue weighted by atomic mass is 10.2. The van der Waals surface area contributed by atoms with Gasteiger partial charge >= 0.3 is 0 Å². The number of hydrogen-bond donors (Lipinski definition) is 2. The third-order valence-corrected chi connectivity index (χ3v) is 6.48. The Hall–Kier alpha value is -3.07. The van der Waals surface area contributed by atoms with Crippen LogP contribution in [0.2, 0.25) is 10.0 Å². The molecule has 32 heavy (non-hydrogen) atoms. The molecule has 0 aliphatic carbocycles. The molecular weight excluding hydrogens is 471 g/mol. The maximum atomic E-state index is 12.8. The van der Waals surface area contributed by atoms with Crippen molar-refractivity contribution in [1.29, 1.82) is 0 Å². The fraction of sp³-hybridized carbons (Fsp3) is 0.0909. The number of sulfonamides is 1. The van der Waals surface area contributed by atoms with Crippen LogP contribution in [0.4, 0.5) is 11.4 Å². The molecule has 0 radical (unpaired) electrons. The van der Waals surface area contributed by atoms with Gasteiger partial charge < -0.3 is 4.90 Å². The Balaban J connectivity index is 1.73. The largest absolute Gasteiger partial charge is 0.378 e. The van der Waals surface area contributed by atoms with Crippen LogP contribution >= 0.6 is 23.2 Å². The van der Waals surface area contributed by atoms with Crippen molar-refractivity contribution in [3.8, 4) is 0 Å². The van der Waals surface area contributed by atoms with Gasteiger partial charge in [0.25, 0.3) is 15.9 Å². The van der Waals surface area contributed by atoms with Crippen molar-refractivity contribution < 1.29 is 13.2 Å². The number of halogens is 2. The second-order valence-electron chi connectivity index (χ2n) is 6.94. The van der Waals surface area contributed by atoms with E-state index in [2.05, 4.69) is 15.2 Å². The number of carbonyl (C=O) groups is 1. The first-order valence-electron chi connectivity index (χ1n) is 9.34. The van der Waals surface area contributed by atoms with Crippen molar-refractivity contribution >= 4 is 56.7 Å². The standard InChI is InChI=1S/C22H20Cl2N4O3S/c1-28(2)19-10-3-15(4-11-19)14-25-26-22(29)16-5-12-20(24)21(13-16)32(30,31)27-18-8-6-17(23)7-9-18/h3-14,27H,1-2H3,(H,26,29)/b25-14-. The minimum absolute atomic E-state index is 0.0208. The van der Waals surface area contributed by atoms with Gasteiger partial charge in [0.2, 0.25) is 0 Å². The number of nitrogens with one attached hydrogen (secondary N) is 2. The van der Waals surface area contributed by atoms with Crippen molar-refractivity contribution in [2.75, 3.05) is 23.7 Å². The average molecular weight is 491 g/mol. The number of anilines is 2. The highest BCUT2D eigenvalue weighted by Gasteiger charge is 2.20. The molecule has 0 spiro atoms. The summed E-state index contributed by atoms with van der Waals surface area (Å²) in [6, 6.07) is 17.7. The van der Waals surface area contributed by atoms with Crippen LogP contribution < -0.4 is 15.0 Å². The predicted molar refractivity (Wildman–Crippen MR) is 130 cm³/mol. The van der Waals surface area contributed by atoms with E-state index in [1.807, 2.05) is 43.3 Å². The topological polar surface area (TPSA) is 90.9 Å². The minimum atomic E-state index is -4.03. The van der Waals surface area contributed by atoms with Crippen molar-refractivity contribution in [2.24, 2.45) is 5.10 Å². The quantitative estimate of drug-likeness (QED) is 0.373. The van der Waals surface area contributed by atoms with Crippen LogP contribution in [-0.4, -0.2) is 34.6 Å². The number of amides is 1. The van der Waals surface area contributed by atoms with E-state index in [4.69, 9.17) is 23.2 Å². The number of hydrogen-bond acceptors (Lipinski definition) is 5. The lowest BCUT2D eigenvalue weighted by Crippen LogP contribution is -2.19. The van der Waals surface area contributed by atoms with Crippen molar-refractivity contribution in [2.45, 2.75) is 4.90 Å². The molecule has 1 amide bonds. The highest BCUT2D eigenvalue weighted by atomic mass is 35.5. The Morgan fingerprint density at radius 1 is 0.969 bits per heavy atom. The Morgan fingerprint density at radius 3 is 2.25 bits per heavy atom. The molecule has 0 saturated heterocycles. The number of carbonyl (C=O) groups excluding carboxylic acids is 1. The van der Waals surface area contributed by atoms with E-state index in [1.165, 1.54) is 36.5 Å². The zero-order chi connectivity index (χ0) is 23.3. The third kappa shape index (κ3) is 6.00. The third-order valence-electron chi connectivity index (χ3n) is 4.37. The molecule has 166 valence electrons. The van der Waals surface area contributed by atoms with Crippen molar-refractivity contribution in [1.82, 2.24) is 5.43 Å². The molecule has 0 heterocycles. The van der Waals surface area contributed by atoms with Crippen LogP contribution in [0.15, 0.2) is 76.7 Å². The molecule has 7 nitrogen and oxygen atoms in total. The highest BCUT2D eigenvalue weighted by Crippen LogP contribution is 2.25. The Kier molecular flexibility index (Phi) is 7.40. The summed E-state index contributed by atoms with van der Waals surface area (Å²) in [5.74, 6) is -0.578. The van der Waals surface area contributed by atoms with Crippen LogP contribution in [0.5, 0.6) is 0 Å². The fourth-order valence-corrected chi connectivity index (χ4v) is 4.38. The van der Waals surface area contributed by atoms with Gasteiger partial charge in [0.1, 0.15) is 4.90 Å². The second-order valence-corrected chi connectivity index (χ2v) is 9.44. The van der Waals surface area contributed by atoms with Crippen molar-refractivity contribution in [3.63, 3.8) is 0 Å². The molecule has 3 rings (SSSR count). The summed E-state index contributed by atoms with van der Waals surface area (Å²) in [7, 11) is -0.156. The average Bonchev–Trinajstić information content (AvgIpc) is 2.75. The first-order valence-corrected chi connectivity index (χ1v) is 11.6. The zero-order valence-corrected chi connectivity index (χ0v) is 19.5. The number of rotatable bonds is 7. The molecule has 2 N–H and O–H groups in total. The van der Waals surface area contributed by atoms with Gasteiger partial charge in [-0.25, -0.2) is 13.8 Å². The van der Waals surface area contributed by atoms with E-state index in [9.17, 15) is 13.2 Å². The molecule has 0 bridgehead atoms. The SMILES string of the molecule is CN(C)c1ccc(/C=N\NC(=O)c2ccc(Cl)c(S(=O)(=O)Nc3ccc(Cl)cc3)c2)cc1. The maximum absolute atomic E-state index is 12.8. The first kappa shape index (κ1) is 23.6. The molecule has 0 aliphatic heterocycles.